The van der Waals surface area contributed by atoms with Gasteiger partial charge in [0, 0.05) is 17.0 Å². The maximum atomic E-state index is 11.6. The van der Waals surface area contributed by atoms with Gasteiger partial charge in [0.2, 0.25) is 0 Å². The minimum absolute atomic E-state index is 0.418. The van der Waals surface area contributed by atoms with Crippen LogP contribution in [0.3, 0.4) is 0 Å². The molecule has 0 saturated heterocycles. The Morgan fingerprint density at radius 2 is 1.89 bits per heavy atom. The monoisotopic (exact) mass is 262 g/mol. The van der Waals surface area contributed by atoms with Gasteiger partial charge in [0.15, 0.2) is 0 Å². The lowest BCUT2D eigenvalue weighted by atomic mass is 10.2. The normalized spacial score (nSPS) is 12.3. The predicted molar refractivity (Wildman–Crippen MR) is 68.9 cm³/mol. The van der Waals surface area contributed by atoms with E-state index in [9.17, 15) is 13.0 Å². The molecule has 0 fully saturated rings. The molecule has 0 radical (unpaired) electrons. The summed E-state index contributed by atoms with van der Waals surface area (Å²) >= 11 is 0. The Hall–Kier alpha value is -1.92. The zero-order chi connectivity index (χ0) is 12.9. The number of rotatable bonds is 1. The van der Waals surface area contributed by atoms with Gasteiger partial charge in [-0.05, 0) is 19.1 Å². The average molecular weight is 262 g/mol. The number of hydrogen-bond acceptors (Lipinski definition) is 3. The fourth-order valence-corrected chi connectivity index (χ4v) is 3.14. The smallest absolute Gasteiger partial charge is 0.269 e. The highest BCUT2D eigenvalue weighted by molar-refractivity contribution is 7.84. The maximum absolute atomic E-state index is 11.6. The van der Waals surface area contributed by atoms with Crippen molar-refractivity contribution in [1.29, 1.82) is 0 Å². The van der Waals surface area contributed by atoms with Crippen molar-refractivity contribution in [3.05, 3.63) is 42.2 Å². The van der Waals surface area contributed by atoms with Gasteiger partial charge in [-0.15, -0.1) is 0 Å². The molecule has 1 aromatic carbocycles. The van der Waals surface area contributed by atoms with Crippen molar-refractivity contribution in [1.82, 2.24) is 8.96 Å². The Balaban J connectivity index is 2.73. The van der Waals surface area contributed by atoms with Crippen LogP contribution in [0.15, 0.2) is 36.5 Å². The maximum Gasteiger partial charge on any atom is 0.364 e. The molecule has 0 saturated carbocycles. The zero-order valence-corrected chi connectivity index (χ0v) is 10.3. The quantitative estimate of drug-likeness (QED) is 0.682. The van der Waals surface area contributed by atoms with Gasteiger partial charge in [-0.1, -0.05) is 18.2 Å². The SMILES string of the molecule is Cc1nccc2c3ccccc3n(S(=O)(=O)O)c12. The largest absolute Gasteiger partial charge is 0.364 e. The predicted octanol–water partition coefficient (Wildman–Crippen LogP) is 2.15. The first-order valence-corrected chi connectivity index (χ1v) is 6.72. The van der Waals surface area contributed by atoms with Gasteiger partial charge in [-0.25, -0.2) is 3.97 Å². The van der Waals surface area contributed by atoms with E-state index in [2.05, 4.69) is 4.98 Å². The molecule has 0 atom stereocenters. The summed E-state index contributed by atoms with van der Waals surface area (Å²) in [7, 11) is -4.36. The van der Waals surface area contributed by atoms with Crippen LogP contribution in [0.1, 0.15) is 5.69 Å². The van der Waals surface area contributed by atoms with Crippen molar-refractivity contribution in [2.24, 2.45) is 0 Å². The van der Waals surface area contributed by atoms with Crippen molar-refractivity contribution in [3.63, 3.8) is 0 Å². The molecule has 0 spiro atoms. The number of nitrogens with zero attached hydrogens (tertiary/aromatic N) is 2. The van der Waals surface area contributed by atoms with Crippen LogP contribution in [0.5, 0.6) is 0 Å². The first kappa shape index (κ1) is 11.2. The Morgan fingerprint density at radius 1 is 1.17 bits per heavy atom. The summed E-state index contributed by atoms with van der Waals surface area (Å²) in [6, 6.07) is 8.77. The fraction of sp³-hybridized carbons (Fsp3) is 0.0833. The molecular weight excluding hydrogens is 252 g/mol. The summed E-state index contributed by atoms with van der Waals surface area (Å²) in [4.78, 5) is 4.08. The van der Waals surface area contributed by atoms with Crippen LogP contribution >= 0.6 is 0 Å². The van der Waals surface area contributed by atoms with E-state index in [4.69, 9.17) is 0 Å². The van der Waals surface area contributed by atoms with Crippen molar-refractivity contribution in [3.8, 4) is 0 Å². The minimum Gasteiger partial charge on any atom is -0.269 e. The number of hydrogen-bond donors (Lipinski definition) is 1. The number of benzene rings is 1. The molecule has 0 unspecified atom stereocenters. The van der Waals surface area contributed by atoms with Gasteiger partial charge >= 0.3 is 10.3 Å². The second-order valence-electron chi connectivity index (χ2n) is 4.05. The van der Waals surface area contributed by atoms with Gasteiger partial charge in [-0.3, -0.25) is 9.54 Å². The van der Waals surface area contributed by atoms with Crippen molar-refractivity contribution >= 4 is 32.1 Å². The van der Waals surface area contributed by atoms with Gasteiger partial charge in [-0.2, -0.15) is 8.42 Å². The number of aromatic nitrogens is 2. The summed E-state index contributed by atoms with van der Waals surface area (Å²) in [6.45, 7) is 1.71. The first-order chi connectivity index (χ1) is 8.50. The molecule has 92 valence electrons. The second kappa shape index (κ2) is 3.54. The molecular formula is C12H10N2O3S. The summed E-state index contributed by atoms with van der Waals surface area (Å²) in [5, 5.41) is 1.53. The third-order valence-electron chi connectivity index (χ3n) is 2.95. The van der Waals surface area contributed by atoms with Crippen LogP contribution in [0.2, 0.25) is 0 Å². The van der Waals surface area contributed by atoms with E-state index in [1.54, 1.807) is 31.3 Å². The van der Waals surface area contributed by atoms with Crippen molar-refractivity contribution in [2.75, 3.05) is 0 Å². The van der Waals surface area contributed by atoms with Crippen molar-refractivity contribution in [2.45, 2.75) is 6.92 Å². The van der Waals surface area contributed by atoms with Crippen molar-refractivity contribution < 1.29 is 13.0 Å². The summed E-state index contributed by atoms with van der Waals surface area (Å²) in [6.07, 6.45) is 1.62. The molecule has 0 bridgehead atoms. The lowest BCUT2D eigenvalue weighted by Crippen LogP contribution is -2.11. The second-order valence-corrected chi connectivity index (χ2v) is 5.31. The highest BCUT2D eigenvalue weighted by Gasteiger charge is 2.19. The molecule has 0 aliphatic heterocycles. The molecule has 5 nitrogen and oxygen atoms in total. The number of fused-ring (bicyclic) bond motifs is 3. The van der Waals surface area contributed by atoms with Gasteiger partial charge in [0.1, 0.15) is 0 Å². The standard InChI is InChI=1S/C12H10N2O3S/c1-8-12-10(6-7-13-8)9-4-2-3-5-11(9)14(12)18(15,16)17/h2-7H,1H3,(H,15,16,17). The van der Waals surface area contributed by atoms with E-state index in [-0.39, 0.29) is 0 Å². The highest BCUT2D eigenvalue weighted by atomic mass is 32.2. The number of para-hydroxylation sites is 1. The molecule has 3 aromatic rings. The topological polar surface area (TPSA) is 72.2 Å². The Labute approximate surface area is 104 Å². The molecule has 18 heavy (non-hydrogen) atoms. The van der Waals surface area contributed by atoms with Crippen LogP contribution in [-0.4, -0.2) is 21.9 Å². The fourth-order valence-electron chi connectivity index (χ4n) is 2.27. The lowest BCUT2D eigenvalue weighted by Gasteiger charge is -2.03. The zero-order valence-electron chi connectivity index (χ0n) is 9.53. The Kier molecular flexibility index (Phi) is 2.20. The minimum atomic E-state index is -4.36. The van der Waals surface area contributed by atoms with E-state index in [1.165, 1.54) is 0 Å². The third-order valence-corrected chi connectivity index (χ3v) is 3.79. The molecule has 0 aliphatic carbocycles. The highest BCUT2D eigenvalue weighted by Crippen LogP contribution is 2.30. The Bertz CT molecular complexity index is 866. The summed E-state index contributed by atoms with van der Waals surface area (Å²) in [5.74, 6) is 0. The third kappa shape index (κ3) is 1.43. The lowest BCUT2D eigenvalue weighted by molar-refractivity contribution is 0.476. The van der Waals surface area contributed by atoms with Crippen LogP contribution in [-0.2, 0) is 10.3 Å². The van der Waals surface area contributed by atoms with Crippen LogP contribution in [0.25, 0.3) is 21.8 Å². The molecule has 6 heteroatoms. The van der Waals surface area contributed by atoms with Gasteiger partial charge < -0.3 is 0 Å². The van der Waals surface area contributed by atoms with Gasteiger partial charge in [0.25, 0.3) is 0 Å². The van der Waals surface area contributed by atoms with Crippen LogP contribution in [0, 0.1) is 6.92 Å². The van der Waals surface area contributed by atoms with E-state index >= 15 is 0 Å². The molecule has 2 heterocycles. The van der Waals surface area contributed by atoms with E-state index in [0.717, 1.165) is 14.7 Å². The summed E-state index contributed by atoms with van der Waals surface area (Å²) < 4.78 is 33.5. The molecule has 0 amide bonds. The average Bonchev–Trinajstić information content (AvgIpc) is 2.65. The molecule has 3 rings (SSSR count). The van der Waals surface area contributed by atoms with Crippen LogP contribution in [0.4, 0.5) is 0 Å². The van der Waals surface area contributed by atoms with E-state index in [1.807, 2.05) is 12.1 Å². The molecule has 1 N–H and O–H groups in total. The van der Waals surface area contributed by atoms with Crippen LogP contribution < -0.4 is 0 Å². The number of pyridine rings is 1. The van der Waals surface area contributed by atoms with E-state index in [0.29, 0.717) is 16.7 Å². The summed E-state index contributed by atoms with van der Waals surface area (Å²) in [5.41, 5.74) is 1.42. The molecule has 2 aromatic heterocycles. The van der Waals surface area contributed by atoms with Gasteiger partial charge in [0.05, 0.1) is 16.7 Å². The number of aryl methyl sites for hydroxylation is 1. The molecule has 0 aliphatic rings. The first-order valence-electron chi connectivity index (χ1n) is 5.33. The van der Waals surface area contributed by atoms with E-state index < -0.39 is 10.3 Å². The Morgan fingerprint density at radius 3 is 2.61 bits per heavy atom.